The van der Waals surface area contributed by atoms with Gasteiger partial charge in [-0.3, -0.25) is 0 Å². The van der Waals surface area contributed by atoms with Crippen molar-refractivity contribution in [1.29, 1.82) is 0 Å². The van der Waals surface area contributed by atoms with Gasteiger partial charge in [-0.1, -0.05) is 0 Å². The van der Waals surface area contributed by atoms with Gasteiger partial charge < -0.3 is 0 Å². The molecule has 0 saturated heterocycles. The summed E-state index contributed by atoms with van der Waals surface area (Å²) in [5.41, 5.74) is 1.38. The van der Waals surface area contributed by atoms with Crippen LogP contribution < -0.4 is 18.7 Å². The first-order valence-corrected chi connectivity index (χ1v) is 10.3. The Morgan fingerprint density at radius 2 is 1.76 bits per heavy atom. The molecule has 0 atom stereocenters. The zero-order valence-corrected chi connectivity index (χ0v) is 16.9. The minimum atomic E-state index is -0.113. The van der Waals surface area contributed by atoms with Gasteiger partial charge in [-0.2, -0.15) is 0 Å². The van der Waals surface area contributed by atoms with Crippen LogP contribution in [0.1, 0.15) is 15.9 Å². The van der Waals surface area contributed by atoms with E-state index >= 15 is 0 Å². The SMILES string of the molecule is COc1ccc(/C=C/C(=O)c2cc(OC)c(OC)c([Se]C)c2)cc1Cl. The quantitative estimate of drug-likeness (QED) is 0.386. The molecule has 0 spiro atoms. The number of methoxy groups -OCH3 is 3. The molecule has 0 N–H and O–H groups in total. The Morgan fingerprint density at radius 1 is 1.04 bits per heavy atom. The molecule has 0 amide bonds. The van der Waals surface area contributed by atoms with Crippen LogP contribution in [-0.2, 0) is 0 Å². The Morgan fingerprint density at radius 3 is 2.32 bits per heavy atom. The van der Waals surface area contributed by atoms with Gasteiger partial charge >= 0.3 is 159 Å². The second-order valence-corrected chi connectivity index (χ2v) is 7.19. The van der Waals surface area contributed by atoms with Crippen molar-refractivity contribution in [3.05, 3.63) is 52.6 Å². The van der Waals surface area contributed by atoms with Crippen molar-refractivity contribution in [3.63, 3.8) is 0 Å². The summed E-state index contributed by atoms with van der Waals surface area (Å²) in [4.78, 5) is 12.5. The third-order valence-corrected chi connectivity index (χ3v) is 5.41. The molecule has 4 nitrogen and oxygen atoms in total. The van der Waals surface area contributed by atoms with Crippen molar-refractivity contribution in [2.45, 2.75) is 5.82 Å². The Bertz CT molecular complexity index is 777. The number of hydrogen-bond acceptors (Lipinski definition) is 4. The van der Waals surface area contributed by atoms with Crippen molar-refractivity contribution in [2.75, 3.05) is 21.3 Å². The summed E-state index contributed by atoms with van der Waals surface area (Å²) < 4.78 is 16.8. The van der Waals surface area contributed by atoms with Crippen molar-refractivity contribution < 1.29 is 19.0 Å². The van der Waals surface area contributed by atoms with Gasteiger partial charge in [-0.25, -0.2) is 0 Å². The van der Waals surface area contributed by atoms with Crippen LogP contribution in [0.25, 0.3) is 6.08 Å². The molecule has 0 saturated carbocycles. The first-order chi connectivity index (χ1) is 12.0. The van der Waals surface area contributed by atoms with Crippen LogP contribution >= 0.6 is 11.6 Å². The van der Waals surface area contributed by atoms with E-state index in [2.05, 4.69) is 5.82 Å². The van der Waals surface area contributed by atoms with Crippen LogP contribution in [0.15, 0.2) is 36.4 Å². The Hall–Kier alpha value is -1.94. The van der Waals surface area contributed by atoms with Crippen LogP contribution in [0.2, 0.25) is 10.8 Å². The zero-order valence-electron chi connectivity index (χ0n) is 14.5. The van der Waals surface area contributed by atoms with E-state index in [0.29, 0.717) is 27.8 Å². The molecule has 0 aliphatic rings. The van der Waals surface area contributed by atoms with Crippen molar-refractivity contribution >= 4 is 42.9 Å². The fourth-order valence-electron chi connectivity index (χ4n) is 2.28. The van der Waals surface area contributed by atoms with Gasteiger partial charge in [0.05, 0.1) is 0 Å². The molecule has 0 aliphatic heterocycles. The topological polar surface area (TPSA) is 44.8 Å². The number of carbonyl (C=O) groups is 1. The summed E-state index contributed by atoms with van der Waals surface area (Å²) in [5, 5.41) is 0.499. The number of benzene rings is 2. The van der Waals surface area contributed by atoms with E-state index < -0.39 is 0 Å². The van der Waals surface area contributed by atoms with Crippen LogP contribution in [-0.4, -0.2) is 42.1 Å². The number of hydrogen-bond donors (Lipinski definition) is 0. The molecule has 2 aromatic rings. The molecule has 132 valence electrons. The van der Waals surface area contributed by atoms with Gasteiger partial charge in [0.25, 0.3) is 0 Å². The summed E-state index contributed by atoms with van der Waals surface area (Å²) in [6.45, 7) is 0. The summed E-state index contributed by atoms with van der Waals surface area (Å²) in [5.74, 6) is 3.80. The van der Waals surface area contributed by atoms with Crippen LogP contribution in [0.5, 0.6) is 17.2 Å². The molecular weight excluding hydrogens is 407 g/mol. The van der Waals surface area contributed by atoms with E-state index in [-0.39, 0.29) is 20.7 Å². The average molecular weight is 426 g/mol. The van der Waals surface area contributed by atoms with Crippen molar-refractivity contribution in [2.24, 2.45) is 0 Å². The molecule has 0 unspecified atom stereocenters. The molecule has 0 bridgehead atoms. The first-order valence-electron chi connectivity index (χ1n) is 7.40. The molecule has 2 aromatic carbocycles. The Kier molecular flexibility index (Phi) is 6.94. The summed E-state index contributed by atoms with van der Waals surface area (Å²) in [7, 11) is 4.72. The second-order valence-electron chi connectivity index (χ2n) is 5.01. The van der Waals surface area contributed by atoms with E-state index in [1.165, 1.54) is 6.08 Å². The summed E-state index contributed by atoms with van der Waals surface area (Å²) in [6.07, 6.45) is 3.24. The molecule has 0 aromatic heterocycles. The number of halogens is 1. The van der Waals surface area contributed by atoms with Gasteiger partial charge in [0.1, 0.15) is 0 Å². The molecule has 2 rings (SSSR count). The molecule has 0 heterocycles. The van der Waals surface area contributed by atoms with Crippen LogP contribution in [0, 0.1) is 0 Å². The predicted molar refractivity (Wildman–Crippen MR) is 102 cm³/mol. The second kappa shape index (κ2) is 8.95. The summed E-state index contributed by atoms with van der Waals surface area (Å²) >= 11 is 6.27. The summed E-state index contributed by atoms with van der Waals surface area (Å²) in [6, 6.07) is 8.90. The Balaban J connectivity index is 2.30. The minimum absolute atomic E-state index is 0.113. The number of ketones is 1. The normalized spacial score (nSPS) is 10.8. The molecule has 0 aliphatic carbocycles. The van der Waals surface area contributed by atoms with Gasteiger partial charge in [0.2, 0.25) is 0 Å². The van der Waals surface area contributed by atoms with E-state index in [0.717, 1.165) is 10.0 Å². The average Bonchev–Trinajstić information content (AvgIpc) is 2.64. The van der Waals surface area contributed by atoms with E-state index in [9.17, 15) is 4.79 Å². The number of ether oxygens (including phenoxy) is 3. The van der Waals surface area contributed by atoms with Crippen molar-refractivity contribution in [1.82, 2.24) is 0 Å². The monoisotopic (exact) mass is 426 g/mol. The fraction of sp³-hybridized carbons (Fsp3) is 0.211. The molecular formula is C19H19ClO4Se. The zero-order chi connectivity index (χ0) is 18.4. The third kappa shape index (κ3) is 4.57. The fourth-order valence-corrected chi connectivity index (χ4v) is 3.83. The van der Waals surface area contributed by atoms with Gasteiger partial charge in [-0.05, 0) is 0 Å². The van der Waals surface area contributed by atoms with Crippen LogP contribution in [0.3, 0.4) is 0 Å². The van der Waals surface area contributed by atoms with Crippen molar-refractivity contribution in [3.8, 4) is 17.2 Å². The molecule has 25 heavy (non-hydrogen) atoms. The van der Waals surface area contributed by atoms with E-state index in [1.54, 1.807) is 45.6 Å². The van der Waals surface area contributed by atoms with Gasteiger partial charge in [-0.15, -0.1) is 0 Å². The molecule has 0 radical (unpaired) electrons. The number of rotatable bonds is 7. The van der Waals surface area contributed by atoms with Gasteiger partial charge in [0, 0.05) is 0 Å². The maximum atomic E-state index is 12.5. The van der Waals surface area contributed by atoms with Crippen LogP contribution in [0.4, 0.5) is 0 Å². The van der Waals surface area contributed by atoms with Gasteiger partial charge in [0.15, 0.2) is 0 Å². The standard InChI is InChI=1S/C19H19ClO4Se/c1-22-16-8-6-12(9-14(16)20)5-7-15(21)13-10-17(23-2)19(24-3)18(11-13)25-4/h5-11H,1-4H3/b7-5+. The predicted octanol–water partition coefficient (Wildman–Crippen LogP) is 3.64. The molecule has 0 fully saturated rings. The number of allylic oxidation sites excluding steroid dienone is 1. The third-order valence-electron chi connectivity index (χ3n) is 3.55. The molecule has 6 heteroatoms. The first kappa shape index (κ1) is 19.4. The number of carbonyl (C=O) groups excluding carboxylic acids is 1. The van der Waals surface area contributed by atoms with E-state index in [1.807, 2.05) is 12.1 Å². The maximum absolute atomic E-state index is 12.5. The Labute approximate surface area is 158 Å². The van der Waals surface area contributed by atoms with E-state index in [4.69, 9.17) is 25.8 Å².